The first-order valence-electron chi connectivity index (χ1n) is 49.0. The van der Waals surface area contributed by atoms with Gasteiger partial charge in [0.1, 0.15) is 0 Å². The molecule has 0 spiro atoms. The molecule has 0 aliphatic heterocycles. The summed E-state index contributed by atoms with van der Waals surface area (Å²) in [6.07, 6.45) is 8.69. The van der Waals surface area contributed by atoms with Crippen LogP contribution in [0.2, 0.25) is 0 Å². The number of nitrogens with zero attached hydrogens (tertiary/aromatic N) is 4. The van der Waals surface area contributed by atoms with Gasteiger partial charge >= 0.3 is 0 Å². The molecule has 142 heavy (non-hydrogen) atoms. The summed E-state index contributed by atoms with van der Waals surface area (Å²) in [5, 5.41) is 24.4. The van der Waals surface area contributed by atoms with E-state index in [9.17, 15) is 10.2 Å². The number of aliphatic hydroxyl groups excluding tert-OH is 2. The van der Waals surface area contributed by atoms with Crippen molar-refractivity contribution in [3.05, 3.63) is 534 Å². The van der Waals surface area contributed by atoms with E-state index >= 15 is 0 Å². The van der Waals surface area contributed by atoms with Gasteiger partial charge in [0.15, 0.2) is 0 Å². The normalized spacial score (nSPS) is 12.4. The van der Waals surface area contributed by atoms with Gasteiger partial charge in [0.2, 0.25) is 0 Å². The second kappa shape index (κ2) is 40.3. The Bertz CT molecular complexity index is 8190. The summed E-state index contributed by atoms with van der Waals surface area (Å²) in [5.41, 5.74) is 44.5. The molecule has 2 N–H and O–H groups in total. The summed E-state index contributed by atoms with van der Waals surface area (Å²) >= 11 is 5.60. The van der Waals surface area contributed by atoms with Crippen molar-refractivity contribution >= 4 is 108 Å². The third kappa shape index (κ3) is 18.5. The number of anilines is 6. The third-order valence-corrected chi connectivity index (χ3v) is 29.0. The Kier molecular flexibility index (Phi) is 26.2. The Hall–Kier alpha value is -16.2. The number of fused-ring (bicyclic) bond motifs is 12. The molecule has 692 valence electrons. The molecule has 0 amide bonds. The first kappa shape index (κ1) is 92.1. The Labute approximate surface area is 838 Å². The summed E-state index contributed by atoms with van der Waals surface area (Å²) in [7, 11) is 0. The topological polar surface area (TPSA) is 66.0 Å². The number of hydrogen-bond donors (Lipinski definition) is 2. The van der Waals surface area contributed by atoms with Gasteiger partial charge in [-0.2, -0.15) is 0 Å². The van der Waals surface area contributed by atoms with Gasteiger partial charge < -0.3 is 33.9 Å². The lowest BCUT2D eigenvalue weighted by molar-refractivity contribution is 0.107. The van der Waals surface area contributed by atoms with Crippen molar-refractivity contribution in [2.24, 2.45) is 0 Å². The molecule has 0 radical (unpaired) electrons. The van der Waals surface area contributed by atoms with Crippen molar-refractivity contribution in [1.29, 1.82) is 0 Å². The summed E-state index contributed by atoms with van der Waals surface area (Å²) in [6.45, 7) is 21.9. The quantitative estimate of drug-likeness (QED) is 0.0529. The Balaban J connectivity index is 0.000000157. The molecule has 0 saturated heterocycles. The van der Waals surface area contributed by atoms with E-state index in [0.717, 1.165) is 142 Å². The highest BCUT2D eigenvalue weighted by atomic mass is 35.5. The number of halogens is 1. The lowest BCUT2D eigenvalue weighted by atomic mass is 9.82. The molecule has 0 atom stereocenters. The van der Waals surface area contributed by atoms with Crippen molar-refractivity contribution in [3.63, 3.8) is 0 Å². The maximum Gasteiger partial charge on any atom is 0.0721 e. The van der Waals surface area contributed by atoms with Gasteiger partial charge in [-0.15, -0.1) is 11.6 Å². The number of rotatable bonds is 26. The van der Waals surface area contributed by atoms with Crippen LogP contribution in [0.25, 0.3) is 140 Å². The zero-order valence-corrected chi connectivity index (χ0v) is 81.3. The van der Waals surface area contributed by atoms with E-state index in [-0.39, 0.29) is 24.0 Å². The minimum Gasteiger partial charge on any atom is -0.392 e. The van der Waals surface area contributed by atoms with Crippen LogP contribution in [-0.2, 0) is 60.7 Å². The zero-order chi connectivity index (χ0) is 97.0. The predicted octanol–water partition coefficient (Wildman–Crippen LogP) is 35.0. The second-order valence-electron chi connectivity index (χ2n) is 38.2. The number of aliphatic hydroxyl groups is 2. The number of alkyl halides is 1. The molecule has 2 aliphatic carbocycles. The van der Waals surface area contributed by atoms with E-state index in [1.54, 1.807) is 0 Å². The number of aryl methyl sites for hydroxylation is 2. The van der Waals surface area contributed by atoms with E-state index in [0.29, 0.717) is 19.1 Å². The van der Waals surface area contributed by atoms with E-state index in [2.05, 4.69) is 461 Å². The van der Waals surface area contributed by atoms with Gasteiger partial charge in [0.05, 0.1) is 48.5 Å². The minimum atomic E-state index is -0.117. The van der Waals surface area contributed by atoms with Crippen LogP contribution >= 0.6 is 11.6 Å². The average molecular weight is 1860 g/mol. The van der Waals surface area contributed by atoms with Crippen molar-refractivity contribution in [2.45, 2.75) is 90.1 Å². The van der Waals surface area contributed by atoms with Gasteiger partial charge in [-0.05, 0) is 310 Å². The van der Waals surface area contributed by atoms with Crippen LogP contribution in [-0.4, -0.2) is 19.3 Å². The Morgan fingerprint density at radius 3 is 0.958 bits per heavy atom. The van der Waals surface area contributed by atoms with Gasteiger partial charge in [0.25, 0.3) is 0 Å². The van der Waals surface area contributed by atoms with Crippen molar-refractivity contribution < 1.29 is 14.9 Å². The zero-order valence-electron chi connectivity index (χ0n) is 80.5. The van der Waals surface area contributed by atoms with Crippen LogP contribution in [0.1, 0.15) is 112 Å². The monoisotopic (exact) mass is 1860 g/mol. The maximum atomic E-state index is 10.1. The van der Waals surface area contributed by atoms with E-state index in [4.69, 9.17) is 16.3 Å². The van der Waals surface area contributed by atoms with E-state index in [1.165, 1.54) is 111 Å². The summed E-state index contributed by atoms with van der Waals surface area (Å²) in [5.74, 6) is 0.581. The van der Waals surface area contributed by atoms with Gasteiger partial charge in [-0.25, -0.2) is 0 Å². The molecule has 21 aromatic rings. The predicted molar refractivity (Wildman–Crippen MR) is 599 cm³/mol. The molecule has 2 heterocycles. The van der Waals surface area contributed by atoms with Crippen molar-refractivity contribution in [3.8, 4) is 78.1 Å². The fraction of sp³-hybridized carbons (Fsp3) is 0.104. The van der Waals surface area contributed by atoms with Crippen LogP contribution in [0.3, 0.4) is 0 Å². The smallest absolute Gasteiger partial charge is 0.0721 e. The second-order valence-corrected chi connectivity index (χ2v) is 38.5. The number of hydrogen-bond acceptors (Lipinski definition) is 5. The molecule has 19 aromatic carbocycles. The highest BCUT2D eigenvalue weighted by Gasteiger charge is 2.38. The summed E-state index contributed by atoms with van der Waals surface area (Å²) < 4.78 is 10.9. The Morgan fingerprint density at radius 2 is 0.563 bits per heavy atom. The lowest BCUT2D eigenvalue weighted by Crippen LogP contribution is -2.16. The van der Waals surface area contributed by atoms with Crippen molar-refractivity contribution in [1.82, 2.24) is 9.13 Å². The Morgan fingerprint density at radius 1 is 0.268 bits per heavy atom. The number of benzene rings is 19. The summed E-state index contributed by atoms with van der Waals surface area (Å²) in [6, 6.07) is 158. The first-order valence-corrected chi connectivity index (χ1v) is 49.6. The highest BCUT2D eigenvalue weighted by Crippen LogP contribution is 2.54. The molecule has 23 rings (SSSR count). The van der Waals surface area contributed by atoms with Gasteiger partial charge in [-0.1, -0.05) is 357 Å². The molecule has 0 fully saturated rings. The average Bonchev–Trinajstić information content (AvgIpc) is 1.61. The molecule has 0 bridgehead atoms. The molecule has 0 saturated carbocycles. The van der Waals surface area contributed by atoms with Crippen LogP contribution < -0.4 is 9.80 Å². The first-order chi connectivity index (χ1) is 69.6. The van der Waals surface area contributed by atoms with Gasteiger partial charge in [0, 0.05) is 83.8 Å². The van der Waals surface area contributed by atoms with Crippen molar-refractivity contribution in [2.75, 3.05) is 9.80 Å². The fourth-order valence-electron chi connectivity index (χ4n) is 20.9. The maximum absolute atomic E-state index is 10.1. The minimum absolute atomic E-state index is 0.00798. The van der Waals surface area contributed by atoms with Crippen LogP contribution in [0.4, 0.5) is 34.1 Å². The highest BCUT2D eigenvalue weighted by molar-refractivity contribution is 6.17. The lowest BCUT2D eigenvalue weighted by Gasteiger charge is -2.28. The number of ether oxygens (including phenoxy) is 1. The van der Waals surface area contributed by atoms with E-state index < -0.39 is 0 Å². The van der Waals surface area contributed by atoms with Crippen LogP contribution in [0, 0.1) is 0 Å². The standard InChI is InChI=1S/C72H60N2O.C53H42N2O2.C9H9Cl/c1-5-50-19-23-52(24-20-50)13-12-14-53-29-43-70-66(45-53)67-46-59(34-44-71(67)74(70)62-35-27-55(28-36-62)49-75-48-54-25-21-51(6-2)22-26-54)58-32-39-61(40-33-58)73(60-37-30-57(31-38-60)56-15-8-7-9-16-56)63-41-42-65-64-17-10-11-18-68(64)72(3,4)69(65)47-63;1-53(2)49-11-7-6-10-45(49)46-27-26-44(32-50(46)53)54(41-22-15-38(16-23-41)37-8-4-3-5-9-37)42-24-17-39(18-25-42)40-19-29-52-48(31-40)47-30-36(34-57)14-28-51(47)55(52)43-20-12-35(33-56)13-21-43;1-2-8-3-5-9(7-10)6-4-8/h5-11,15-47H,1-2,12-14,48-49H2,3-4H3;3-32,56-57H,33-34H2,1-2H3;2-6H,1,7H2. The van der Waals surface area contributed by atoms with Crippen LogP contribution in [0.5, 0.6) is 0 Å². The third-order valence-electron chi connectivity index (χ3n) is 28.7. The summed E-state index contributed by atoms with van der Waals surface area (Å²) in [4.78, 5) is 4.78. The molecule has 2 aliphatic rings. The largest absolute Gasteiger partial charge is 0.392 e. The molecule has 8 heteroatoms. The van der Waals surface area contributed by atoms with Gasteiger partial charge in [-0.3, -0.25) is 0 Å². The fourth-order valence-corrected chi connectivity index (χ4v) is 21.1. The molecular formula is C134H111ClN4O3. The SMILES string of the molecule is C=Cc1ccc(CCCc2ccc3c(c2)c2cc(-c4ccc(N(c5ccc(-c6ccccc6)cc5)c5ccc6c(c5)C(C)(C)c5ccccc5-6)cc4)ccc2n3-c2ccc(COCc3ccc(C=C)cc3)cc2)cc1.C=Cc1ccc(CCl)cc1.CC1(C)c2ccccc2-c2ccc(N(c3ccc(-c4ccccc4)cc3)c3ccc(-c4ccc5c(c4)c4cc(CO)ccc4n5-c4ccc(CO)cc4)cc3)cc21. The molecule has 0 unspecified atom stereocenters. The van der Waals surface area contributed by atoms with Crippen LogP contribution in [0.15, 0.2) is 457 Å². The molecular weight excluding hydrogens is 1750 g/mol. The number of aromatic nitrogens is 2. The van der Waals surface area contributed by atoms with E-state index in [1.807, 2.05) is 60.7 Å². The molecule has 7 nitrogen and oxygen atoms in total. The molecule has 2 aromatic heterocycles.